The molecule has 0 radical (unpaired) electrons. The van der Waals surface area contributed by atoms with E-state index >= 15 is 0 Å². The van der Waals surface area contributed by atoms with Gasteiger partial charge in [-0.3, -0.25) is 4.79 Å². The molecule has 2 aromatic rings. The minimum Gasteiger partial charge on any atom is -0.478 e. The first-order valence-electron chi connectivity index (χ1n) is 6.06. The zero-order valence-electron chi connectivity index (χ0n) is 10.9. The number of hydrogen-bond donors (Lipinski definition) is 2. The fourth-order valence-corrected chi connectivity index (χ4v) is 2.36. The Bertz CT molecular complexity index is 680. The molecule has 0 aliphatic rings. The zero-order chi connectivity index (χ0) is 15.2. The summed E-state index contributed by atoms with van der Waals surface area (Å²) >= 11 is 1.51. The minimum absolute atomic E-state index is 0.103. The van der Waals surface area contributed by atoms with Crippen molar-refractivity contribution in [3.05, 3.63) is 58.0 Å². The highest BCUT2D eigenvalue weighted by atomic mass is 32.1. The largest absolute Gasteiger partial charge is 0.478 e. The number of carboxylic acid groups (broad SMARTS) is 1. The predicted octanol–water partition coefficient (Wildman–Crippen LogP) is 3.17. The molecule has 0 fully saturated rings. The molecule has 0 saturated carbocycles. The summed E-state index contributed by atoms with van der Waals surface area (Å²) in [5.41, 5.74) is 1.43. The number of anilines is 1. The lowest BCUT2D eigenvalue weighted by molar-refractivity contribution is -0.131. The number of carboxylic acids is 1. The number of halogens is 1. The monoisotopic (exact) mass is 305 g/mol. The van der Waals surface area contributed by atoms with Crippen LogP contribution < -0.4 is 5.32 Å². The normalized spacial score (nSPS) is 10.7. The molecule has 1 aromatic heterocycles. The van der Waals surface area contributed by atoms with Crippen LogP contribution in [0, 0.1) is 5.82 Å². The molecule has 0 bridgehead atoms. The lowest BCUT2D eigenvalue weighted by atomic mass is 10.1. The van der Waals surface area contributed by atoms with Crippen molar-refractivity contribution < 1.29 is 19.1 Å². The summed E-state index contributed by atoms with van der Waals surface area (Å²) in [7, 11) is 0. The highest BCUT2D eigenvalue weighted by Crippen LogP contribution is 2.17. The lowest BCUT2D eigenvalue weighted by Gasteiger charge is -2.06. The van der Waals surface area contributed by atoms with E-state index in [0.29, 0.717) is 5.69 Å². The number of carbonyl (C=O) groups is 2. The van der Waals surface area contributed by atoms with Crippen molar-refractivity contribution in [2.75, 3.05) is 5.32 Å². The number of aliphatic carboxylic acids is 1. The molecular weight excluding hydrogens is 293 g/mol. The van der Waals surface area contributed by atoms with E-state index in [4.69, 9.17) is 5.11 Å². The summed E-state index contributed by atoms with van der Waals surface area (Å²) in [6, 6.07) is 5.86. The van der Waals surface area contributed by atoms with Crippen LogP contribution in [-0.4, -0.2) is 17.0 Å². The molecule has 2 N–H and O–H groups in total. The quantitative estimate of drug-likeness (QED) is 0.834. The maximum absolute atomic E-state index is 13.5. The molecule has 0 aliphatic heterocycles. The first kappa shape index (κ1) is 14.9. The standard InChI is InChI=1S/C15H12FNO3S/c16-13-3-2-12(8-11(13)1-4-15(19)20)17-14(18)7-10-5-6-21-9-10/h1-6,8-9H,7H2,(H,17,18)(H,19,20)/b4-1+. The van der Waals surface area contributed by atoms with Crippen LogP contribution in [0.15, 0.2) is 41.1 Å². The average molecular weight is 305 g/mol. The van der Waals surface area contributed by atoms with Gasteiger partial charge in [-0.1, -0.05) is 0 Å². The zero-order valence-corrected chi connectivity index (χ0v) is 11.7. The van der Waals surface area contributed by atoms with Crippen LogP contribution in [0.3, 0.4) is 0 Å². The van der Waals surface area contributed by atoms with Gasteiger partial charge < -0.3 is 10.4 Å². The highest BCUT2D eigenvalue weighted by molar-refractivity contribution is 7.08. The van der Waals surface area contributed by atoms with Gasteiger partial charge in [0, 0.05) is 17.3 Å². The van der Waals surface area contributed by atoms with E-state index < -0.39 is 11.8 Å². The number of carbonyl (C=O) groups excluding carboxylic acids is 1. The van der Waals surface area contributed by atoms with Gasteiger partial charge in [0.05, 0.1) is 6.42 Å². The molecule has 21 heavy (non-hydrogen) atoms. The molecule has 1 aromatic carbocycles. The molecular formula is C15H12FNO3S. The Morgan fingerprint density at radius 1 is 1.33 bits per heavy atom. The van der Waals surface area contributed by atoms with Gasteiger partial charge in [0.2, 0.25) is 5.91 Å². The number of amides is 1. The van der Waals surface area contributed by atoms with Crippen LogP contribution in [0.5, 0.6) is 0 Å². The van der Waals surface area contributed by atoms with E-state index in [1.807, 2.05) is 16.8 Å². The molecule has 0 atom stereocenters. The van der Waals surface area contributed by atoms with Gasteiger partial charge in [0.25, 0.3) is 0 Å². The van der Waals surface area contributed by atoms with Crippen molar-refractivity contribution in [2.45, 2.75) is 6.42 Å². The van der Waals surface area contributed by atoms with Gasteiger partial charge in [-0.05, 0) is 46.7 Å². The van der Waals surface area contributed by atoms with Crippen LogP contribution in [0.1, 0.15) is 11.1 Å². The van der Waals surface area contributed by atoms with Crippen molar-refractivity contribution in [3.8, 4) is 0 Å². The number of nitrogens with one attached hydrogen (secondary N) is 1. The Kier molecular flexibility index (Phi) is 4.84. The molecule has 0 aliphatic carbocycles. The average Bonchev–Trinajstić information content (AvgIpc) is 2.92. The van der Waals surface area contributed by atoms with Crippen molar-refractivity contribution in [3.63, 3.8) is 0 Å². The Morgan fingerprint density at radius 2 is 2.14 bits per heavy atom. The van der Waals surface area contributed by atoms with Gasteiger partial charge in [-0.15, -0.1) is 0 Å². The van der Waals surface area contributed by atoms with Crippen LogP contribution in [-0.2, 0) is 16.0 Å². The topological polar surface area (TPSA) is 66.4 Å². The molecule has 2 rings (SSSR count). The van der Waals surface area contributed by atoms with E-state index in [9.17, 15) is 14.0 Å². The molecule has 1 heterocycles. The van der Waals surface area contributed by atoms with Gasteiger partial charge >= 0.3 is 5.97 Å². The van der Waals surface area contributed by atoms with Crippen molar-refractivity contribution in [1.82, 2.24) is 0 Å². The number of hydrogen-bond acceptors (Lipinski definition) is 3. The van der Waals surface area contributed by atoms with Gasteiger partial charge in [-0.2, -0.15) is 11.3 Å². The van der Waals surface area contributed by atoms with Gasteiger partial charge in [0.1, 0.15) is 5.82 Å². The Hall–Kier alpha value is -2.47. The van der Waals surface area contributed by atoms with Crippen molar-refractivity contribution in [2.24, 2.45) is 0 Å². The highest BCUT2D eigenvalue weighted by Gasteiger charge is 2.07. The second kappa shape index (κ2) is 6.81. The summed E-state index contributed by atoms with van der Waals surface area (Å²) in [6.45, 7) is 0. The third kappa shape index (κ3) is 4.54. The molecule has 108 valence electrons. The number of thiophene rings is 1. The Morgan fingerprint density at radius 3 is 2.81 bits per heavy atom. The molecule has 0 spiro atoms. The summed E-state index contributed by atoms with van der Waals surface area (Å²) in [5, 5.41) is 15.0. The molecule has 6 heteroatoms. The first-order valence-corrected chi connectivity index (χ1v) is 7.00. The fourth-order valence-electron chi connectivity index (χ4n) is 1.69. The fraction of sp³-hybridized carbons (Fsp3) is 0.0667. The van der Waals surface area contributed by atoms with Crippen molar-refractivity contribution in [1.29, 1.82) is 0 Å². The van der Waals surface area contributed by atoms with E-state index in [0.717, 1.165) is 17.7 Å². The Labute approximate surface area is 124 Å². The molecule has 4 nitrogen and oxygen atoms in total. The number of rotatable bonds is 5. The predicted molar refractivity (Wildman–Crippen MR) is 79.7 cm³/mol. The van der Waals surface area contributed by atoms with Crippen LogP contribution in [0.4, 0.5) is 10.1 Å². The van der Waals surface area contributed by atoms with Gasteiger partial charge in [-0.25, -0.2) is 9.18 Å². The summed E-state index contributed by atoms with van der Waals surface area (Å²) in [6.07, 6.45) is 2.22. The van der Waals surface area contributed by atoms with Crippen molar-refractivity contribution >= 4 is 35.0 Å². The van der Waals surface area contributed by atoms with E-state index in [1.165, 1.54) is 29.5 Å². The van der Waals surface area contributed by atoms with E-state index in [1.54, 1.807) is 0 Å². The molecule has 0 unspecified atom stereocenters. The van der Waals surface area contributed by atoms with E-state index in [2.05, 4.69) is 5.32 Å². The SMILES string of the molecule is O=C(O)/C=C/c1cc(NC(=O)Cc2ccsc2)ccc1F. The Balaban J connectivity index is 2.08. The lowest BCUT2D eigenvalue weighted by Crippen LogP contribution is -2.14. The maximum Gasteiger partial charge on any atom is 0.328 e. The smallest absolute Gasteiger partial charge is 0.328 e. The summed E-state index contributed by atoms with van der Waals surface area (Å²) in [5.74, 6) is -1.93. The summed E-state index contributed by atoms with van der Waals surface area (Å²) in [4.78, 5) is 22.3. The van der Waals surface area contributed by atoms with E-state index in [-0.39, 0.29) is 17.9 Å². The van der Waals surface area contributed by atoms with Gasteiger partial charge in [0.15, 0.2) is 0 Å². The molecule has 0 saturated heterocycles. The maximum atomic E-state index is 13.5. The third-order valence-corrected chi connectivity index (χ3v) is 3.36. The van der Waals surface area contributed by atoms with Crippen LogP contribution >= 0.6 is 11.3 Å². The minimum atomic E-state index is -1.17. The molecule has 1 amide bonds. The van der Waals surface area contributed by atoms with Crippen LogP contribution in [0.2, 0.25) is 0 Å². The number of benzene rings is 1. The second-order valence-electron chi connectivity index (χ2n) is 4.26. The first-order chi connectivity index (χ1) is 10.0. The summed E-state index contributed by atoms with van der Waals surface area (Å²) < 4.78 is 13.5. The second-order valence-corrected chi connectivity index (χ2v) is 5.04. The van der Waals surface area contributed by atoms with Crippen LogP contribution in [0.25, 0.3) is 6.08 Å². The third-order valence-electron chi connectivity index (χ3n) is 2.63.